The zero-order chi connectivity index (χ0) is 21.8. The number of fused-ring (bicyclic) bond motifs is 1. The lowest BCUT2D eigenvalue weighted by molar-refractivity contribution is -0.115. The van der Waals surface area contributed by atoms with E-state index < -0.39 is 11.6 Å². The van der Waals surface area contributed by atoms with Gasteiger partial charge in [0.15, 0.2) is 0 Å². The first-order valence-corrected chi connectivity index (χ1v) is 9.98. The average Bonchev–Trinajstić information content (AvgIpc) is 3.23. The van der Waals surface area contributed by atoms with E-state index in [1.165, 1.54) is 0 Å². The molecule has 154 valence electrons. The van der Waals surface area contributed by atoms with Crippen molar-refractivity contribution < 1.29 is 14.4 Å². The number of nitrogens with one attached hydrogen (secondary N) is 3. The number of hydrogen-bond donors (Lipinski definition) is 3. The molecule has 0 aliphatic carbocycles. The molecule has 0 saturated heterocycles. The summed E-state index contributed by atoms with van der Waals surface area (Å²) in [5.41, 5.74) is 2.79. The third kappa shape index (κ3) is 4.23. The van der Waals surface area contributed by atoms with Gasteiger partial charge in [-0.3, -0.25) is 14.4 Å². The van der Waals surface area contributed by atoms with E-state index in [-0.39, 0.29) is 11.5 Å². The molecule has 0 spiro atoms. The van der Waals surface area contributed by atoms with Crippen LogP contribution in [0.3, 0.4) is 0 Å². The van der Waals surface area contributed by atoms with E-state index in [4.69, 9.17) is 0 Å². The second kappa shape index (κ2) is 8.67. The minimum atomic E-state index is -0.441. The highest BCUT2D eigenvalue weighted by Gasteiger charge is 2.29. The molecule has 6 nitrogen and oxygen atoms in total. The van der Waals surface area contributed by atoms with Crippen LogP contribution in [-0.4, -0.2) is 17.5 Å². The monoisotopic (exact) mass is 411 g/mol. The molecule has 0 unspecified atom stereocenters. The second-order valence-electron chi connectivity index (χ2n) is 7.05. The number of ketones is 2. The van der Waals surface area contributed by atoms with E-state index in [0.29, 0.717) is 29.1 Å². The highest BCUT2D eigenvalue weighted by Crippen LogP contribution is 2.32. The van der Waals surface area contributed by atoms with Gasteiger partial charge in [-0.15, -0.1) is 0 Å². The zero-order valence-electron chi connectivity index (χ0n) is 16.9. The van der Waals surface area contributed by atoms with Gasteiger partial charge in [-0.1, -0.05) is 61.5 Å². The van der Waals surface area contributed by atoms with Crippen molar-refractivity contribution in [3.05, 3.63) is 101 Å². The summed E-state index contributed by atoms with van der Waals surface area (Å²) in [6, 6.07) is 22.7. The van der Waals surface area contributed by atoms with E-state index in [9.17, 15) is 14.4 Å². The van der Waals surface area contributed by atoms with Crippen LogP contribution >= 0.6 is 0 Å². The van der Waals surface area contributed by atoms with Gasteiger partial charge in [0, 0.05) is 23.2 Å². The molecule has 31 heavy (non-hydrogen) atoms. The molecule has 0 atom stereocenters. The summed E-state index contributed by atoms with van der Waals surface area (Å²) < 4.78 is 0. The summed E-state index contributed by atoms with van der Waals surface area (Å²) in [6.45, 7) is 1.75. The van der Waals surface area contributed by atoms with Crippen LogP contribution in [0.5, 0.6) is 0 Å². The van der Waals surface area contributed by atoms with Gasteiger partial charge < -0.3 is 16.0 Å². The number of rotatable bonds is 6. The Kier molecular flexibility index (Phi) is 5.62. The van der Waals surface area contributed by atoms with E-state index in [1.807, 2.05) is 30.3 Å². The molecule has 6 heteroatoms. The smallest absolute Gasteiger partial charge is 0.224 e. The van der Waals surface area contributed by atoms with Crippen molar-refractivity contribution in [1.82, 2.24) is 0 Å². The molecule has 1 heterocycles. The number of carbonyl (C=O) groups excluding carboxylic acids is 3. The van der Waals surface area contributed by atoms with Crippen LogP contribution in [0.4, 0.5) is 17.1 Å². The molecule has 1 aliphatic rings. The Labute approximate surface area is 180 Å². The van der Waals surface area contributed by atoms with Gasteiger partial charge in [0.05, 0.1) is 11.4 Å². The van der Waals surface area contributed by atoms with Crippen LogP contribution < -0.4 is 16.0 Å². The molecule has 1 aliphatic heterocycles. The van der Waals surface area contributed by atoms with Gasteiger partial charge in [0.2, 0.25) is 17.5 Å². The Morgan fingerprint density at radius 2 is 1.32 bits per heavy atom. The van der Waals surface area contributed by atoms with E-state index in [2.05, 4.69) is 16.0 Å². The largest absolute Gasteiger partial charge is 0.339 e. The zero-order valence-corrected chi connectivity index (χ0v) is 16.9. The lowest BCUT2D eigenvalue weighted by Gasteiger charge is -2.12. The maximum atomic E-state index is 13.5. The van der Waals surface area contributed by atoms with Crippen LogP contribution in [0, 0.1) is 0 Å². The van der Waals surface area contributed by atoms with Crippen LogP contribution in [-0.2, 0) is 4.79 Å². The molecule has 0 radical (unpaired) electrons. The fourth-order valence-electron chi connectivity index (χ4n) is 3.32. The summed E-state index contributed by atoms with van der Waals surface area (Å²) >= 11 is 0. The van der Waals surface area contributed by atoms with Crippen LogP contribution in [0.25, 0.3) is 0 Å². The van der Waals surface area contributed by atoms with Crippen LogP contribution in [0.2, 0.25) is 0 Å². The Hall–Kier alpha value is -4.19. The summed E-state index contributed by atoms with van der Waals surface area (Å²) in [5, 5.41) is 9.04. The van der Waals surface area contributed by atoms with E-state index in [0.717, 1.165) is 11.4 Å². The molecule has 0 fully saturated rings. The summed E-state index contributed by atoms with van der Waals surface area (Å²) in [5.74, 6) is -0.651. The molecule has 3 N–H and O–H groups in total. The number of anilines is 3. The third-order valence-corrected chi connectivity index (χ3v) is 4.92. The Bertz CT molecular complexity index is 1170. The van der Waals surface area contributed by atoms with Crippen molar-refractivity contribution >= 4 is 34.5 Å². The number of Topliss-reactive ketones (excluding diaryl/α,β-unsaturated/α-hetero) is 2. The van der Waals surface area contributed by atoms with Crippen LogP contribution in [0.15, 0.2) is 90.3 Å². The van der Waals surface area contributed by atoms with Crippen LogP contribution in [0.1, 0.15) is 34.1 Å². The molecule has 0 bridgehead atoms. The van der Waals surface area contributed by atoms with Crippen molar-refractivity contribution in [3.8, 4) is 0 Å². The van der Waals surface area contributed by atoms with Crippen molar-refractivity contribution in [2.45, 2.75) is 13.3 Å². The van der Waals surface area contributed by atoms with Gasteiger partial charge in [-0.25, -0.2) is 0 Å². The first-order valence-electron chi connectivity index (χ1n) is 9.98. The van der Waals surface area contributed by atoms with Gasteiger partial charge in [-0.2, -0.15) is 0 Å². The van der Waals surface area contributed by atoms with Gasteiger partial charge >= 0.3 is 0 Å². The maximum absolute atomic E-state index is 13.5. The third-order valence-electron chi connectivity index (χ3n) is 4.92. The van der Waals surface area contributed by atoms with Gasteiger partial charge in [0.1, 0.15) is 11.4 Å². The standard InChI is InChI=1S/C25H21N3O3/c1-2-21(29)26-18-12-8-11-17(15-18)24(31)22(23(30)16-9-4-3-5-10-16)25-27-19-13-6-7-14-20(19)28-25/h3-15,27-28H,2H2,1H3,(H,26,29). The molecule has 0 saturated carbocycles. The van der Waals surface area contributed by atoms with Gasteiger partial charge in [-0.05, 0) is 24.3 Å². The quantitative estimate of drug-likeness (QED) is 0.234. The summed E-state index contributed by atoms with van der Waals surface area (Å²) in [4.78, 5) is 38.7. The molecular weight excluding hydrogens is 390 g/mol. The second-order valence-corrected chi connectivity index (χ2v) is 7.05. The highest BCUT2D eigenvalue weighted by molar-refractivity contribution is 6.32. The number of benzene rings is 3. The molecule has 4 rings (SSSR count). The van der Waals surface area contributed by atoms with E-state index in [1.54, 1.807) is 55.5 Å². The predicted octanol–water partition coefficient (Wildman–Crippen LogP) is 4.85. The molecular formula is C25H21N3O3. The fraction of sp³-hybridized carbons (Fsp3) is 0.0800. The van der Waals surface area contributed by atoms with Crippen molar-refractivity contribution in [2.24, 2.45) is 0 Å². The Morgan fingerprint density at radius 1 is 0.742 bits per heavy atom. The average molecular weight is 411 g/mol. The van der Waals surface area contributed by atoms with Gasteiger partial charge in [0.25, 0.3) is 0 Å². The fourth-order valence-corrected chi connectivity index (χ4v) is 3.32. The number of amides is 1. The van der Waals surface area contributed by atoms with Crippen molar-refractivity contribution in [3.63, 3.8) is 0 Å². The molecule has 3 aromatic rings. The molecule has 3 aromatic carbocycles. The normalized spacial score (nSPS) is 11.7. The minimum Gasteiger partial charge on any atom is -0.339 e. The lowest BCUT2D eigenvalue weighted by atomic mass is 9.95. The molecule has 0 aromatic heterocycles. The number of allylic oxidation sites excluding steroid dienone is 1. The highest BCUT2D eigenvalue weighted by atomic mass is 16.2. The summed E-state index contributed by atoms with van der Waals surface area (Å²) in [7, 11) is 0. The first-order chi connectivity index (χ1) is 15.1. The number of carbonyl (C=O) groups is 3. The van der Waals surface area contributed by atoms with E-state index >= 15 is 0 Å². The topological polar surface area (TPSA) is 87.3 Å². The van der Waals surface area contributed by atoms with Crippen molar-refractivity contribution in [1.29, 1.82) is 0 Å². The maximum Gasteiger partial charge on any atom is 0.224 e. The first kappa shape index (κ1) is 20.1. The minimum absolute atomic E-state index is 0.00127. The number of hydrogen-bond acceptors (Lipinski definition) is 5. The summed E-state index contributed by atoms with van der Waals surface area (Å²) in [6.07, 6.45) is 0.325. The number of para-hydroxylation sites is 2. The predicted molar refractivity (Wildman–Crippen MR) is 121 cm³/mol. The SMILES string of the molecule is CCC(=O)Nc1cccc(C(=O)C(C(=O)c2ccccc2)=C2Nc3ccccc3N2)c1. The van der Waals surface area contributed by atoms with Crippen molar-refractivity contribution in [2.75, 3.05) is 16.0 Å². The Balaban J connectivity index is 1.76. The lowest BCUT2D eigenvalue weighted by Crippen LogP contribution is -2.21. The molecule has 1 amide bonds. The Morgan fingerprint density at radius 3 is 1.97 bits per heavy atom.